The molecule has 0 unspecified atom stereocenters. The largest absolute Gasteiger partial charge is 0.494 e. The van der Waals surface area contributed by atoms with E-state index in [1.165, 1.54) is 7.11 Å². The van der Waals surface area contributed by atoms with Crippen molar-refractivity contribution in [2.75, 3.05) is 13.8 Å². The van der Waals surface area contributed by atoms with Gasteiger partial charge >= 0.3 is 7.12 Å². The minimum atomic E-state index is -0.673. The first kappa shape index (κ1) is 21.1. The molecule has 4 nitrogen and oxygen atoms in total. The van der Waals surface area contributed by atoms with E-state index in [9.17, 15) is 4.39 Å². The molecule has 0 aromatic heterocycles. The summed E-state index contributed by atoms with van der Waals surface area (Å²) in [6.45, 7) is 11.4. The van der Waals surface area contributed by atoms with Crippen LogP contribution in [0.4, 0.5) is 4.39 Å². The second-order valence-corrected chi connectivity index (χ2v) is 6.73. The summed E-state index contributed by atoms with van der Waals surface area (Å²) in [7, 11) is 1.12. The summed E-state index contributed by atoms with van der Waals surface area (Å²) in [6, 6.07) is 6.91. The molecule has 1 fully saturated rings. The fraction of sp³-hybridized carbons (Fsp3) is 0.667. The standard InChI is InChI=1S/C16H25BFNO3.C2H6/c1-15(2)16(3,4)22-17(21-15)12-8-6-11(7-9-12)14(20-5)13(19)10-18;1-2/h6-9,13-14H,10,19H2,1-5H3;1-2H3/t13-,14-;/m1./s1. The van der Waals surface area contributed by atoms with Crippen molar-refractivity contribution in [2.45, 2.75) is 64.9 Å². The highest BCUT2D eigenvalue weighted by Gasteiger charge is 2.51. The van der Waals surface area contributed by atoms with E-state index in [1.807, 2.05) is 65.8 Å². The topological polar surface area (TPSA) is 53.7 Å². The molecule has 0 saturated carbocycles. The summed E-state index contributed by atoms with van der Waals surface area (Å²) < 4.78 is 30.1. The zero-order chi connectivity index (χ0) is 18.5. The van der Waals surface area contributed by atoms with Gasteiger partial charge in [0.2, 0.25) is 0 Å². The van der Waals surface area contributed by atoms with Crippen LogP contribution in [0.15, 0.2) is 24.3 Å². The molecule has 1 saturated heterocycles. The fourth-order valence-electron chi connectivity index (χ4n) is 2.46. The summed E-state index contributed by atoms with van der Waals surface area (Å²) in [6.07, 6.45) is -0.461. The Labute approximate surface area is 146 Å². The van der Waals surface area contributed by atoms with Crippen molar-refractivity contribution < 1.29 is 18.4 Å². The lowest BCUT2D eigenvalue weighted by atomic mass is 9.78. The monoisotopic (exact) mass is 339 g/mol. The van der Waals surface area contributed by atoms with E-state index >= 15 is 0 Å². The van der Waals surface area contributed by atoms with Crippen LogP contribution in [-0.4, -0.2) is 38.1 Å². The van der Waals surface area contributed by atoms with Crippen molar-refractivity contribution in [1.82, 2.24) is 0 Å². The van der Waals surface area contributed by atoms with Crippen LogP contribution in [-0.2, 0) is 14.0 Å². The average Bonchev–Trinajstić information content (AvgIpc) is 2.78. The highest BCUT2D eigenvalue weighted by molar-refractivity contribution is 6.62. The van der Waals surface area contributed by atoms with Gasteiger partial charge in [0.05, 0.1) is 23.3 Å². The zero-order valence-corrected chi connectivity index (χ0v) is 15.9. The van der Waals surface area contributed by atoms with E-state index in [0.717, 1.165) is 11.0 Å². The first-order valence-electron chi connectivity index (χ1n) is 8.51. The minimum absolute atomic E-state index is 0.373. The van der Waals surface area contributed by atoms with E-state index in [1.54, 1.807) is 0 Å². The Kier molecular flexibility index (Phi) is 7.41. The first-order valence-corrected chi connectivity index (χ1v) is 8.51. The molecule has 136 valence electrons. The summed E-state index contributed by atoms with van der Waals surface area (Å²) in [4.78, 5) is 0. The number of hydrogen-bond acceptors (Lipinski definition) is 4. The van der Waals surface area contributed by atoms with Gasteiger partial charge in [-0.15, -0.1) is 0 Å². The van der Waals surface area contributed by atoms with Crippen LogP contribution in [0.1, 0.15) is 53.2 Å². The summed E-state index contributed by atoms with van der Waals surface area (Å²) in [5.74, 6) is 0. The van der Waals surface area contributed by atoms with Crippen LogP contribution in [0.25, 0.3) is 0 Å². The molecule has 0 amide bonds. The van der Waals surface area contributed by atoms with Crippen LogP contribution in [0.3, 0.4) is 0 Å². The normalized spacial score (nSPS) is 21.0. The maximum Gasteiger partial charge on any atom is 0.494 e. The van der Waals surface area contributed by atoms with Crippen molar-refractivity contribution in [3.05, 3.63) is 29.8 Å². The number of halogens is 1. The molecule has 1 aromatic carbocycles. The van der Waals surface area contributed by atoms with Crippen LogP contribution in [0.5, 0.6) is 0 Å². The fourth-order valence-corrected chi connectivity index (χ4v) is 2.46. The van der Waals surface area contributed by atoms with Gasteiger partial charge < -0.3 is 19.8 Å². The van der Waals surface area contributed by atoms with Gasteiger partial charge in [-0.2, -0.15) is 0 Å². The molecule has 1 aliphatic heterocycles. The van der Waals surface area contributed by atoms with Crippen molar-refractivity contribution in [3.8, 4) is 0 Å². The molecule has 0 radical (unpaired) electrons. The molecule has 2 rings (SSSR count). The second kappa shape index (κ2) is 8.43. The van der Waals surface area contributed by atoms with Gasteiger partial charge in [-0.1, -0.05) is 38.1 Å². The Morgan fingerprint density at radius 3 is 1.92 bits per heavy atom. The van der Waals surface area contributed by atoms with E-state index in [4.69, 9.17) is 19.8 Å². The summed E-state index contributed by atoms with van der Waals surface area (Å²) in [5, 5.41) is 0. The number of hydrogen-bond donors (Lipinski definition) is 1. The molecule has 1 aliphatic rings. The van der Waals surface area contributed by atoms with Gasteiger partial charge in [0.15, 0.2) is 0 Å². The van der Waals surface area contributed by atoms with Gasteiger partial charge in [-0.25, -0.2) is 4.39 Å². The highest BCUT2D eigenvalue weighted by Crippen LogP contribution is 2.36. The minimum Gasteiger partial charge on any atom is -0.399 e. The average molecular weight is 339 g/mol. The third-order valence-corrected chi connectivity index (χ3v) is 4.61. The van der Waals surface area contributed by atoms with Gasteiger partial charge in [-0.3, -0.25) is 0 Å². The number of alkyl halides is 1. The van der Waals surface area contributed by atoms with Crippen molar-refractivity contribution in [1.29, 1.82) is 0 Å². The molecular weight excluding hydrogens is 308 g/mol. The van der Waals surface area contributed by atoms with Crippen molar-refractivity contribution in [3.63, 3.8) is 0 Å². The smallest absolute Gasteiger partial charge is 0.399 e. The molecule has 1 heterocycles. The third kappa shape index (κ3) is 4.36. The Balaban J connectivity index is 0.00000139. The van der Waals surface area contributed by atoms with Gasteiger partial charge in [-0.05, 0) is 38.7 Å². The Bertz CT molecular complexity index is 491. The summed E-state index contributed by atoms with van der Waals surface area (Å²) in [5.41, 5.74) is 6.76. The molecule has 6 heteroatoms. The lowest BCUT2D eigenvalue weighted by molar-refractivity contribution is 0.00578. The summed E-state index contributed by atoms with van der Waals surface area (Å²) >= 11 is 0. The Hall–Kier alpha value is -0.945. The Morgan fingerprint density at radius 2 is 1.54 bits per heavy atom. The van der Waals surface area contributed by atoms with E-state index < -0.39 is 25.9 Å². The maximum atomic E-state index is 12.8. The quantitative estimate of drug-likeness (QED) is 0.838. The number of ether oxygens (including phenoxy) is 1. The molecule has 0 aliphatic carbocycles. The number of methoxy groups -OCH3 is 1. The molecule has 0 spiro atoms. The van der Waals surface area contributed by atoms with Gasteiger partial charge in [0, 0.05) is 7.11 Å². The number of benzene rings is 1. The van der Waals surface area contributed by atoms with Crippen molar-refractivity contribution >= 4 is 12.6 Å². The molecule has 2 atom stereocenters. The first-order chi connectivity index (χ1) is 11.2. The lowest BCUT2D eigenvalue weighted by Crippen LogP contribution is -2.41. The third-order valence-electron chi connectivity index (χ3n) is 4.61. The molecule has 24 heavy (non-hydrogen) atoms. The number of rotatable bonds is 5. The van der Waals surface area contributed by atoms with Crippen LogP contribution < -0.4 is 11.2 Å². The zero-order valence-electron chi connectivity index (χ0n) is 15.9. The van der Waals surface area contributed by atoms with Gasteiger partial charge in [0.25, 0.3) is 0 Å². The van der Waals surface area contributed by atoms with E-state index in [-0.39, 0.29) is 11.2 Å². The molecule has 0 bridgehead atoms. The predicted octanol–water partition coefficient (Wildman–Crippen LogP) is 3.00. The van der Waals surface area contributed by atoms with Gasteiger partial charge in [0.1, 0.15) is 6.67 Å². The lowest BCUT2D eigenvalue weighted by Gasteiger charge is -2.32. The highest BCUT2D eigenvalue weighted by atomic mass is 19.1. The van der Waals surface area contributed by atoms with Crippen LogP contribution >= 0.6 is 0 Å². The maximum absolute atomic E-state index is 12.8. The van der Waals surface area contributed by atoms with E-state index in [2.05, 4.69) is 0 Å². The number of nitrogens with two attached hydrogens (primary N) is 1. The van der Waals surface area contributed by atoms with E-state index in [0.29, 0.717) is 0 Å². The SMILES string of the molecule is CC.CO[C@H](c1ccc(B2OC(C)(C)C(C)(C)O2)cc1)[C@H](N)CF. The second-order valence-electron chi connectivity index (χ2n) is 6.73. The molecule has 1 aromatic rings. The predicted molar refractivity (Wildman–Crippen MR) is 97.2 cm³/mol. The molecular formula is C18H31BFNO3. The van der Waals surface area contributed by atoms with Crippen molar-refractivity contribution in [2.24, 2.45) is 5.73 Å². The van der Waals surface area contributed by atoms with Crippen LogP contribution in [0.2, 0.25) is 0 Å². The van der Waals surface area contributed by atoms with Crippen LogP contribution in [0, 0.1) is 0 Å². The Morgan fingerprint density at radius 1 is 1.08 bits per heavy atom. The molecule has 2 N–H and O–H groups in total.